The van der Waals surface area contributed by atoms with Gasteiger partial charge in [0.05, 0.1) is 0 Å². The number of hydrogen-bond acceptors (Lipinski definition) is 5. The molecule has 0 saturated heterocycles. The Kier molecular flexibility index (Phi) is 1.72. The fraction of sp³-hybridized carbons (Fsp3) is 0. The van der Waals surface area contributed by atoms with Crippen molar-refractivity contribution in [2.24, 2.45) is 5.14 Å². The summed E-state index contributed by atoms with van der Waals surface area (Å²) in [5.41, 5.74) is 0.0292. The Morgan fingerprint density at radius 3 is 2.86 bits per heavy atom. The Balaban J connectivity index is 2.75. The highest BCUT2D eigenvalue weighted by Crippen LogP contribution is 2.04. The molecule has 2 rings (SSSR count). The summed E-state index contributed by atoms with van der Waals surface area (Å²) in [4.78, 5) is 6.76. The third-order valence-electron chi connectivity index (χ3n) is 1.43. The monoisotopic (exact) mass is 217 g/mol. The molecule has 0 fully saturated rings. The van der Waals surface area contributed by atoms with Crippen molar-refractivity contribution in [3.05, 3.63) is 18.3 Å². The smallest absolute Gasteiger partial charge is 0.222 e. The summed E-state index contributed by atoms with van der Waals surface area (Å²) in [5.74, 6) is -0.772. The molecule has 2 aromatic rings. The topological polar surface area (TPSA) is 103 Å². The van der Waals surface area contributed by atoms with Gasteiger partial charge in [-0.15, -0.1) is 5.10 Å². The maximum Gasteiger partial charge on any atom is 0.282 e. The zero-order valence-electron chi connectivity index (χ0n) is 6.62. The summed E-state index contributed by atoms with van der Waals surface area (Å²) in [7, 11) is -3.97. The van der Waals surface area contributed by atoms with E-state index in [4.69, 9.17) is 5.14 Å². The van der Waals surface area contributed by atoms with Crippen molar-refractivity contribution in [1.82, 2.24) is 19.6 Å². The van der Waals surface area contributed by atoms with Gasteiger partial charge in [-0.25, -0.2) is 23.1 Å². The average Bonchev–Trinajstić information content (AvgIpc) is 2.45. The molecule has 0 radical (unpaired) electrons. The van der Waals surface area contributed by atoms with Gasteiger partial charge in [-0.2, -0.15) is 9.37 Å². The number of sulfonamides is 1. The molecule has 0 amide bonds. The lowest BCUT2D eigenvalue weighted by Gasteiger charge is -1.87. The van der Waals surface area contributed by atoms with Crippen LogP contribution in [0.15, 0.2) is 17.6 Å². The number of halogens is 1. The minimum Gasteiger partial charge on any atom is -0.222 e. The van der Waals surface area contributed by atoms with Crippen LogP contribution in [0.4, 0.5) is 4.39 Å². The van der Waals surface area contributed by atoms with Gasteiger partial charge in [0.2, 0.25) is 5.95 Å². The van der Waals surface area contributed by atoms with Crippen LogP contribution in [0.25, 0.3) is 5.65 Å². The summed E-state index contributed by atoms with van der Waals surface area (Å²) in [6, 6.07) is 0.946. The van der Waals surface area contributed by atoms with Gasteiger partial charge in [0.15, 0.2) is 5.65 Å². The number of nitrogens with two attached hydrogens (primary N) is 1. The third-order valence-corrected chi connectivity index (χ3v) is 2.11. The lowest BCUT2D eigenvalue weighted by atomic mass is 10.6. The van der Waals surface area contributed by atoms with Crippen LogP contribution < -0.4 is 5.14 Å². The predicted molar refractivity (Wildman–Crippen MR) is 42.1 cm³/mol. The first kappa shape index (κ1) is 8.97. The van der Waals surface area contributed by atoms with Crippen LogP contribution in [0.3, 0.4) is 0 Å². The van der Waals surface area contributed by atoms with Crippen molar-refractivity contribution in [3.63, 3.8) is 0 Å². The molecule has 0 unspecified atom stereocenters. The van der Waals surface area contributed by atoms with E-state index in [0.717, 1.165) is 16.9 Å². The van der Waals surface area contributed by atoms with Gasteiger partial charge in [-0.05, 0) is 0 Å². The Hall–Kier alpha value is -1.61. The molecule has 2 heterocycles. The number of aromatic nitrogens is 4. The molecule has 0 bridgehead atoms. The van der Waals surface area contributed by atoms with Gasteiger partial charge in [0.1, 0.15) is 6.33 Å². The Morgan fingerprint density at radius 1 is 1.50 bits per heavy atom. The number of nitrogens with zero attached hydrogens (tertiary/aromatic N) is 4. The fourth-order valence-electron chi connectivity index (χ4n) is 0.873. The van der Waals surface area contributed by atoms with Crippen LogP contribution in [0.5, 0.6) is 0 Å². The Bertz CT molecular complexity index is 591. The molecule has 7 nitrogen and oxygen atoms in total. The molecule has 0 aliphatic heterocycles. The number of fused-ring (bicyclic) bond motifs is 1. The summed E-state index contributed by atoms with van der Waals surface area (Å²) < 4.78 is 35.2. The molecule has 14 heavy (non-hydrogen) atoms. The van der Waals surface area contributed by atoms with Crippen LogP contribution in [-0.4, -0.2) is 28.0 Å². The predicted octanol–water partition coefficient (Wildman–Crippen LogP) is -1.09. The lowest BCUT2D eigenvalue weighted by molar-refractivity contribution is 0.576. The summed E-state index contributed by atoms with van der Waals surface area (Å²) in [6.07, 6.45) is 1.01. The Morgan fingerprint density at radius 2 is 2.21 bits per heavy atom. The first-order valence-electron chi connectivity index (χ1n) is 3.37. The largest absolute Gasteiger partial charge is 0.282 e. The highest BCUT2D eigenvalue weighted by molar-refractivity contribution is 7.89. The van der Waals surface area contributed by atoms with Gasteiger partial charge in [-0.3, -0.25) is 0 Å². The zero-order chi connectivity index (χ0) is 10.3. The molecule has 0 aliphatic rings. The van der Waals surface area contributed by atoms with Crippen LogP contribution >= 0.6 is 0 Å². The normalized spacial score (nSPS) is 12.1. The van der Waals surface area contributed by atoms with Crippen molar-refractivity contribution >= 4 is 15.7 Å². The van der Waals surface area contributed by atoms with Crippen molar-refractivity contribution in [2.75, 3.05) is 0 Å². The number of rotatable bonds is 1. The number of hydrogen-bond donors (Lipinski definition) is 1. The summed E-state index contributed by atoms with van der Waals surface area (Å²) >= 11 is 0. The van der Waals surface area contributed by atoms with E-state index < -0.39 is 21.1 Å². The molecule has 0 saturated carbocycles. The van der Waals surface area contributed by atoms with E-state index in [1.165, 1.54) is 0 Å². The van der Waals surface area contributed by atoms with Gasteiger partial charge in [0, 0.05) is 6.07 Å². The lowest BCUT2D eigenvalue weighted by Crippen LogP contribution is -2.14. The molecule has 0 aromatic carbocycles. The van der Waals surface area contributed by atoms with Gasteiger partial charge in [-0.1, -0.05) is 0 Å². The zero-order valence-corrected chi connectivity index (χ0v) is 7.44. The van der Waals surface area contributed by atoms with Crippen molar-refractivity contribution < 1.29 is 12.8 Å². The van der Waals surface area contributed by atoms with Gasteiger partial charge in [0.25, 0.3) is 15.2 Å². The molecule has 2 aromatic heterocycles. The van der Waals surface area contributed by atoms with E-state index >= 15 is 0 Å². The molecular weight excluding hydrogens is 213 g/mol. The van der Waals surface area contributed by atoms with Crippen LogP contribution in [0.1, 0.15) is 0 Å². The van der Waals surface area contributed by atoms with Crippen molar-refractivity contribution in [1.29, 1.82) is 0 Å². The number of primary sulfonamides is 1. The maximum absolute atomic E-state index is 12.6. The fourth-order valence-corrected chi connectivity index (χ4v) is 1.30. The van der Waals surface area contributed by atoms with Crippen LogP contribution in [0, 0.1) is 5.95 Å². The highest BCUT2D eigenvalue weighted by atomic mass is 32.2. The Labute approximate surface area is 77.4 Å². The maximum atomic E-state index is 12.6. The average molecular weight is 217 g/mol. The van der Waals surface area contributed by atoms with E-state index in [2.05, 4.69) is 15.1 Å². The molecule has 9 heteroatoms. The van der Waals surface area contributed by atoms with Crippen molar-refractivity contribution in [2.45, 2.75) is 5.16 Å². The second-order valence-electron chi connectivity index (χ2n) is 2.45. The SMILES string of the molecule is NS(=O)(=O)c1nc2cc(F)ncn2n1. The second-order valence-corrected chi connectivity index (χ2v) is 3.91. The quantitative estimate of drug-likeness (QED) is 0.611. The standard InChI is InChI=1S/C5H4FN5O2S/c6-3-1-4-9-5(14(7,12)13)10-11(4)2-8-3/h1-2H,(H2,7,12,13). The highest BCUT2D eigenvalue weighted by Gasteiger charge is 2.15. The van der Waals surface area contributed by atoms with Crippen molar-refractivity contribution in [3.8, 4) is 0 Å². The van der Waals surface area contributed by atoms with Gasteiger partial charge < -0.3 is 0 Å². The minimum atomic E-state index is -3.97. The molecular formula is C5H4FN5O2S. The third kappa shape index (κ3) is 1.42. The van der Waals surface area contributed by atoms with Crippen LogP contribution in [0.2, 0.25) is 0 Å². The first-order chi connectivity index (χ1) is 6.47. The molecule has 2 N–H and O–H groups in total. The van der Waals surface area contributed by atoms with E-state index in [-0.39, 0.29) is 5.65 Å². The van der Waals surface area contributed by atoms with Crippen LogP contribution in [-0.2, 0) is 10.0 Å². The summed E-state index contributed by atoms with van der Waals surface area (Å²) in [5, 5.41) is 7.70. The second kappa shape index (κ2) is 2.69. The van der Waals surface area contributed by atoms with E-state index in [1.54, 1.807) is 0 Å². The van der Waals surface area contributed by atoms with E-state index in [1.807, 2.05) is 0 Å². The minimum absolute atomic E-state index is 0.0292. The van der Waals surface area contributed by atoms with Gasteiger partial charge >= 0.3 is 0 Å². The van der Waals surface area contributed by atoms with E-state index in [0.29, 0.717) is 0 Å². The molecule has 0 aliphatic carbocycles. The summed E-state index contributed by atoms with van der Waals surface area (Å²) in [6.45, 7) is 0. The first-order valence-corrected chi connectivity index (χ1v) is 4.92. The molecule has 0 spiro atoms. The molecule has 74 valence electrons. The van der Waals surface area contributed by atoms with E-state index in [9.17, 15) is 12.8 Å². The molecule has 0 atom stereocenters.